The van der Waals surface area contributed by atoms with Gasteiger partial charge in [-0.25, -0.2) is 9.78 Å². The number of hydrogen-bond donors (Lipinski definition) is 2. The molecule has 2 aliphatic rings. The lowest BCUT2D eigenvalue weighted by Gasteiger charge is -2.16. The highest BCUT2D eigenvalue weighted by Gasteiger charge is 2.38. The van der Waals surface area contributed by atoms with E-state index in [-0.39, 0.29) is 12.6 Å². The highest BCUT2D eigenvalue weighted by Crippen LogP contribution is 2.37. The Kier molecular flexibility index (Phi) is 3.17. The van der Waals surface area contributed by atoms with Crippen LogP contribution in [0.4, 0.5) is 9.93 Å². The maximum atomic E-state index is 12.0. The van der Waals surface area contributed by atoms with Crippen LogP contribution in [0.25, 0.3) is 0 Å². The van der Waals surface area contributed by atoms with E-state index < -0.39 is 0 Å². The molecule has 98 valence electrons. The average molecular weight is 268 g/mol. The molecular formula is C11H16N4O2S. The van der Waals surface area contributed by atoms with E-state index in [1.165, 1.54) is 19.3 Å². The van der Waals surface area contributed by atoms with Crippen molar-refractivity contribution in [2.45, 2.75) is 25.9 Å². The van der Waals surface area contributed by atoms with Crippen LogP contribution in [0.15, 0.2) is 0 Å². The number of fused-ring (bicyclic) bond motifs is 1. The van der Waals surface area contributed by atoms with Crippen molar-refractivity contribution in [1.82, 2.24) is 14.3 Å². The minimum absolute atomic E-state index is 0.0926. The Bertz CT molecular complexity index is 438. The number of urea groups is 1. The lowest BCUT2D eigenvalue weighted by Crippen LogP contribution is -2.33. The molecular weight excluding hydrogens is 252 g/mol. The topological polar surface area (TPSA) is 78.3 Å². The van der Waals surface area contributed by atoms with Crippen LogP contribution < -0.4 is 5.32 Å². The number of anilines is 1. The van der Waals surface area contributed by atoms with E-state index in [2.05, 4.69) is 14.7 Å². The number of likely N-dealkylation sites (tertiary alicyclic amines) is 1. The fourth-order valence-electron chi connectivity index (χ4n) is 2.94. The molecule has 0 radical (unpaired) electrons. The van der Waals surface area contributed by atoms with Crippen LogP contribution in [-0.4, -0.2) is 38.5 Å². The summed E-state index contributed by atoms with van der Waals surface area (Å²) < 4.78 is 3.92. The van der Waals surface area contributed by atoms with Crippen molar-refractivity contribution in [3.63, 3.8) is 0 Å². The first-order valence-electron chi connectivity index (χ1n) is 6.25. The second-order valence-electron chi connectivity index (χ2n) is 4.96. The lowest BCUT2D eigenvalue weighted by atomic mass is 10.0. The third kappa shape index (κ3) is 2.20. The maximum absolute atomic E-state index is 12.0. The lowest BCUT2D eigenvalue weighted by molar-refractivity contribution is 0.219. The Hall–Kier alpha value is -1.21. The molecule has 1 saturated carbocycles. The number of nitrogens with one attached hydrogen (secondary N) is 1. The van der Waals surface area contributed by atoms with Crippen molar-refractivity contribution >= 4 is 22.7 Å². The molecule has 1 aliphatic heterocycles. The Morgan fingerprint density at radius 2 is 2.17 bits per heavy atom. The van der Waals surface area contributed by atoms with Crippen molar-refractivity contribution in [2.24, 2.45) is 11.8 Å². The van der Waals surface area contributed by atoms with Crippen LogP contribution in [-0.2, 0) is 6.61 Å². The van der Waals surface area contributed by atoms with E-state index in [9.17, 15) is 4.79 Å². The number of aliphatic hydroxyl groups is 1. The summed E-state index contributed by atoms with van der Waals surface area (Å²) in [5, 5.41) is 12.1. The van der Waals surface area contributed by atoms with Crippen molar-refractivity contribution < 1.29 is 9.90 Å². The first-order valence-corrected chi connectivity index (χ1v) is 7.03. The number of carbonyl (C=O) groups excluding carboxylic acids is 1. The van der Waals surface area contributed by atoms with Gasteiger partial charge in [-0.15, -0.1) is 0 Å². The number of aliphatic hydroxyl groups excluding tert-OH is 1. The van der Waals surface area contributed by atoms with Gasteiger partial charge in [-0.1, -0.05) is 6.42 Å². The molecule has 18 heavy (non-hydrogen) atoms. The predicted molar refractivity (Wildman–Crippen MR) is 67.3 cm³/mol. The van der Waals surface area contributed by atoms with Gasteiger partial charge in [0.25, 0.3) is 0 Å². The van der Waals surface area contributed by atoms with Gasteiger partial charge in [0.05, 0.1) is 0 Å². The van der Waals surface area contributed by atoms with Crippen molar-refractivity contribution in [3.8, 4) is 0 Å². The molecule has 2 amide bonds. The standard InChI is InChI=1S/C11H16N4O2S/c16-6-9-12-10(18-14-9)13-11(17)15-4-7-2-1-3-8(7)5-15/h7-8,16H,1-6H2,(H,12,13,14,17). The molecule has 2 fully saturated rings. The summed E-state index contributed by atoms with van der Waals surface area (Å²) in [4.78, 5) is 17.9. The van der Waals surface area contributed by atoms with Crippen LogP contribution >= 0.6 is 11.5 Å². The average Bonchev–Trinajstić information content (AvgIpc) is 3.02. The van der Waals surface area contributed by atoms with E-state index in [0.717, 1.165) is 24.6 Å². The van der Waals surface area contributed by atoms with Gasteiger partial charge in [-0.05, 0) is 24.7 Å². The number of rotatable bonds is 2. The summed E-state index contributed by atoms with van der Waals surface area (Å²) in [5.41, 5.74) is 0. The van der Waals surface area contributed by atoms with Crippen LogP contribution in [0.5, 0.6) is 0 Å². The molecule has 2 N–H and O–H groups in total. The molecule has 0 bridgehead atoms. The highest BCUT2D eigenvalue weighted by molar-refractivity contribution is 7.09. The van der Waals surface area contributed by atoms with Crippen LogP contribution in [0, 0.1) is 11.8 Å². The minimum atomic E-state index is -0.194. The van der Waals surface area contributed by atoms with Crippen LogP contribution in [0.3, 0.4) is 0 Å². The minimum Gasteiger partial charge on any atom is -0.388 e. The Balaban J connectivity index is 1.58. The smallest absolute Gasteiger partial charge is 0.323 e. The van der Waals surface area contributed by atoms with Gasteiger partial charge in [0.1, 0.15) is 6.61 Å². The fraction of sp³-hybridized carbons (Fsp3) is 0.727. The largest absolute Gasteiger partial charge is 0.388 e. The first-order chi connectivity index (χ1) is 8.76. The van der Waals surface area contributed by atoms with E-state index in [1.807, 2.05) is 4.90 Å². The molecule has 2 atom stereocenters. The molecule has 6 nitrogen and oxygen atoms in total. The van der Waals surface area contributed by atoms with E-state index in [0.29, 0.717) is 22.8 Å². The van der Waals surface area contributed by atoms with Gasteiger partial charge in [0.15, 0.2) is 5.82 Å². The summed E-state index contributed by atoms with van der Waals surface area (Å²) in [6.07, 6.45) is 3.81. The van der Waals surface area contributed by atoms with Gasteiger partial charge < -0.3 is 10.0 Å². The van der Waals surface area contributed by atoms with Crippen LogP contribution in [0.2, 0.25) is 0 Å². The molecule has 1 saturated heterocycles. The zero-order valence-electron chi connectivity index (χ0n) is 10.0. The van der Waals surface area contributed by atoms with Gasteiger partial charge in [0, 0.05) is 24.6 Å². The van der Waals surface area contributed by atoms with Crippen molar-refractivity contribution in [3.05, 3.63) is 5.82 Å². The number of amides is 2. The molecule has 2 heterocycles. The molecule has 2 unspecified atom stereocenters. The quantitative estimate of drug-likeness (QED) is 0.847. The zero-order chi connectivity index (χ0) is 12.5. The fourth-order valence-corrected chi connectivity index (χ4v) is 3.51. The Labute approximate surface area is 109 Å². The monoisotopic (exact) mass is 268 g/mol. The van der Waals surface area contributed by atoms with Gasteiger partial charge in [0.2, 0.25) is 5.13 Å². The van der Waals surface area contributed by atoms with E-state index in [4.69, 9.17) is 5.11 Å². The van der Waals surface area contributed by atoms with E-state index in [1.54, 1.807) is 0 Å². The van der Waals surface area contributed by atoms with Crippen molar-refractivity contribution in [1.29, 1.82) is 0 Å². The summed E-state index contributed by atoms with van der Waals surface area (Å²) in [6, 6.07) is -0.0926. The zero-order valence-corrected chi connectivity index (χ0v) is 10.8. The molecule has 1 aliphatic carbocycles. The van der Waals surface area contributed by atoms with Crippen molar-refractivity contribution in [2.75, 3.05) is 18.4 Å². The number of carbonyl (C=O) groups is 1. The molecule has 1 aromatic heterocycles. The Morgan fingerprint density at radius 3 is 2.78 bits per heavy atom. The SMILES string of the molecule is O=C(Nc1nc(CO)ns1)N1CC2CCCC2C1. The van der Waals surface area contributed by atoms with Gasteiger partial charge >= 0.3 is 6.03 Å². The third-order valence-corrected chi connectivity index (χ3v) is 4.51. The summed E-state index contributed by atoms with van der Waals surface area (Å²) in [5.74, 6) is 1.74. The summed E-state index contributed by atoms with van der Waals surface area (Å²) in [6.45, 7) is 1.53. The highest BCUT2D eigenvalue weighted by atomic mass is 32.1. The molecule has 0 spiro atoms. The second kappa shape index (κ2) is 4.81. The normalized spacial score (nSPS) is 26.4. The molecule has 3 rings (SSSR count). The molecule has 7 heteroatoms. The number of aromatic nitrogens is 2. The second-order valence-corrected chi connectivity index (χ2v) is 5.71. The van der Waals surface area contributed by atoms with Gasteiger partial charge in [-0.3, -0.25) is 5.32 Å². The number of nitrogens with zero attached hydrogens (tertiary/aromatic N) is 3. The number of hydrogen-bond acceptors (Lipinski definition) is 5. The van der Waals surface area contributed by atoms with Crippen LogP contribution in [0.1, 0.15) is 25.1 Å². The maximum Gasteiger partial charge on any atom is 0.323 e. The predicted octanol–water partition coefficient (Wildman–Crippen LogP) is 1.29. The van der Waals surface area contributed by atoms with Gasteiger partial charge in [-0.2, -0.15) is 4.37 Å². The summed E-state index contributed by atoms with van der Waals surface area (Å²) in [7, 11) is 0. The Morgan fingerprint density at radius 1 is 1.44 bits per heavy atom. The first kappa shape index (κ1) is 11.9. The molecule has 0 aromatic carbocycles. The molecule has 1 aromatic rings. The van der Waals surface area contributed by atoms with E-state index >= 15 is 0 Å². The summed E-state index contributed by atoms with van der Waals surface area (Å²) >= 11 is 1.10. The third-order valence-electron chi connectivity index (χ3n) is 3.84.